The van der Waals surface area contributed by atoms with Gasteiger partial charge in [0, 0.05) is 0 Å². The Labute approximate surface area is 162 Å². The van der Waals surface area contributed by atoms with E-state index in [0.717, 1.165) is 25.7 Å². The molecule has 0 aliphatic rings. The minimum absolute atomic E-state index is 1.14. The first-order chi connectivity index (χ1) is 12.5. The summed E-state index contributed by atoms with van der Waals surface area (Å²) in [6.45, 7) is 13.6. The van der Waals surface area contributed by atoms with Crippen LogP contribution in [0.5, 0.6) is 0 Å². The Kier molecular flexibility index (Phi) is 7.94. The molecule has 2 aromatic carbocycles. The first kappa shape index (κ1) is 20.7. The highest BCUT2D eigenvalue weighted by Crippen LogP contribution is 2.23. The number of rotatable bonds is 9. The van der Waals surface area contributed by atoms with E-state index in [0.29, 0.717) is 0 Å². The van der Waals surface area contributed by atoms with E-state index in [1.165, 1.54) is 47.9 Å². The third-order valence-electron chi connectivity index (χ3n) is 5.98. The zero-order valence-corrected chi connectivity index (χ0v) is 18.0. The van der Waals surface area contributed by atoms with Gasteiger partial charge in [0.05, 0.1) is 0 Å². The fourth-order valence-electron chi connectivity index (χ4n) is 4.24. The lowest BCUT2D eigenvalue weighted by molar-refractivity contribution is 0.723. The number of unbranched alkanes of at least 4 members (excludes halogenated alkanes) is 1. The van der Waals surface area contributed by atoms with Crippen molar-refractivity contribution in [1.82, 2.24) is 0 Å². The summed E-state index contributed by atoms with van der Waals surface area (Å²) in [6, 6.07) is 9.81. The van der Waals surface area contributed by atoms with Crippen LogP contribution >= 0.6 is 0 Å². The lowest BCUT2D eigenvalue weighted by atomic mass is 9.91. The molecule has 0 unspecified atom stereocenters. The molecule has 0 aliphatic carbocycles. The zero-order valence-electron chi connectivity index (χ0n) is 18.0. The first-order valence-electron chi connectivity index (χ1n) is 10.8. The van der Waals surface area contributed by atoms with E-state index < -0.39 is 0 Å². The highest BCUT2D eigenvalue weighted by molar-refractivity contribution is 5.39. The van der Waals surface area contributed by atoms with Crippen molar-refractivity contribution in [2.24, 2.45) is 0 Å². The van der Waals surface area contributed by atoms with Crippen LogP contribution in [-0.2, 0) is 38.5 Å². The number of benzene rings is 2. The van der Waals surface area contributed by atoms with Crippen LogP contribution in [0.15, 0.2) is 24.3 Å². The van der Waals surface area contributed by atoms with E-state index in [2.05, 4.69) is 65.8 Å². The Morgan fingerprint density at radius 2 is 0.808 bits per heavy atom. The van der Waals surface area contributed by atoms with Gasteiger partial charge in [-0.2, -0.15) is 0 Å². The van der Waals surface area contributed by atoms with Crippen LogP contribution in [-0.4, -0.2) is 0 Å². The quantitative estimate of drug-likeness (QED) is 0.422. The van der Waals surface area contributed by atoms with Crippen molar-refractivity contribution < 1.29 is 0 Å². The van der Waals surface area contributed by atoms with Crippen molar-refractivity contribution in [1.29, 1.82) is 0 Å². The molecule has 2 aromatic rings. The molecule has 0 saturated heterocycles. The van der Waals surface area contributed by atoms with Crippen LogP contribution < -0.4 is 0 Å². The van der Waals surface area contributed by atoms with Crippen LogP contribution in [0.1, 0.15) is 85.0 Å². The lowest BCUT2D eigenvalue weighted by Crippen LogP contribution is -2.01. The molecule has 0 aliphatic heterocycles. The summed E-state index contributed by atoms with van der Waals surface area (Å²) in [6.07, 6.45) is 9.62. The molecule has 0 atom stereocenters. The van der Waals surface area contributed by atoms with Crippen LogP contribution in [0, 0.1) is 13.8 Å². The van der Waals surface area contributed by atoms with Crippen molar-refractivity contribution in [3.8, 4) is 0 Å². The second kappa shape index (κ2) is 9.95. The van der Waals surface area contributed by atoms with Crippen LogP contribution in [0.25, 0.3) is 0 Å². The van der Waals surface area contributed by atoms with Gasteiger partial charge in [0.1, 0.15) is 0 Å². The molecule has 0 radical (unpaired) electrons. The molecule has 26 heavy (non-hydrogen) atoms. The van der Waals surface area contributed by atoms with Gasteiger partial charge in [0.2, 0.25) is 0 Å². The summed E-state index contributed by atoms with van der Waals surface area (Å²) >= 11 is 0. The van der Waals surface area contributed by atoms with E-state index in [4.69, 9.17) is 0 Å². The molecule has 0 N–H and O–H groups in total. The maximum Gasteiger partial charge on any atom is -0.0276 e. The third kappa shape index (κ3) is 5.00. The number of aryl methyl sites for hydroxylation is 8. The molecule has 0 saturated carbocycles. The van der Waals surface area contributed by atoms with Gasteiger partial charge in [0.15, 0.2) is 0 Å². The Hall–Kier alpha value is -1.56. The fraction of sp³-hybridized carbons (Fsp3) is 0.538. The van der Waals surface area contributed by atoms with Crippen molar-refractivity contribution >= 4 is 0 Å². The van der Waals surface area contributed by atoms with E-state index in [-0.39, 0.29) is 0 Å². The number of hydrogen-bond acceptors (Lipinski definition) is 0. The van der Waals surface area contributed by atoms with Crippen molar-refractivity contribution in [3.05, 3.63) is 68.8 Å². The van der Waals surface area contributed by atoms with Crippen molar-refractivity contribution in [2.45, 2.75) is 92.9 Å². The third-order valence-corrected chi connectivity index (χ3v) is 5.98. The second-order valence-electron chi connectivity index (χ2n) is 7.72. The second-order valence-corrected chi connectivity index (χ2v) is 7.72. The molecule has 0 bridgehead atoms. The normalized spacial score (nSPS) is 11.2. The minimum Gasteiger partial charge on any atom is -0.0613 e. The van der Waals surface area contributed by atoms with Crippen LogP contribution in [0.2, 0.25) is 0 Å². The highest BCUT2D eigenvalue weighted by Gasteiger charge is 2.08. The smallest absolute Gasteiger partial charge is 0.0276 e. The SMILES string of the molecule is CCc1cc(CCCCc2cc(CC)c(C)cc2CC)c(CC)cc1C. The molecule has 0 spiro atoms. The predicted molar refractivity (Wildman–Crippen MR) is 117 cm³/mol. The Bertz CT molecular complexity index is 658. The van der Waals surface area contributed by atoms with Gasteiger partial charge in [-0.15, -0.1) is 0 Å². The molecule has 0 aromatic heterocycles. The van der Waals surface area contributed by atoms with Gasteiger partial charge >= 0.3 is 0 Å². The van der Waals surface area contributed by atoms with E-state index >= 15 is 0 Å². The summed E-state index contributed by atoms with van der Waals surface area (Å²) in [4.78, 5) is 0. The summed E-state index contributed by atoms with van der Waals surface area (Å²) in [5, 5.41) is 0. The number of hydrogen-bond donors (Lipinski definition) is 0. The molecule has 0 heterocycles. The molecule has 0 heteroatoms. The van der Waals surface area contributed by atoms with Gasteiger partial charge in [-0.05, 0) is 110 Å². The van der Waals surface area contributed by atoms with Gasteiger partial charge in [-0.3, -0.25) is 0 Å². The minimum atomic E-state index is 1.14. The Morgan fingerprint density at radius 3 is 1.12 bits per heavy atom. The van der Waals surface area contributed by atoms with E-state index in [1.807, 2.05) is 0 Å². The Morgan fingerprint density at radius 1 is 0.462 bits per heavy atom. The summed E-state index contributed by atoms with van der Waals surface area (Å²) < 4.78 is 0. The van der Waals surface area contributed by atoms with E-state index in [1.54, 1.807) is 22.3 Å². The molecule has 0 fully saturated rings. The average molecular weight is 351 g/mol. The van der Waals surface area contributed by atoms with Gasteiger partial charge in [-0.25, -0.2) is 0 Å². The van der Waals surface area contributed by atoms with Crippen LogP contribution in [0.4, 0.5) is 0 Å². The topological polar surface area (TPSA) is 0 Å². The van der Waals surface area contributed by atoms with Gasteiger partial charge in [0.25, 0.3) is 0 Å². The summed E-state index contributed by atoms with van der Waals surface area (Å²) in [7, 11) is 0. The average Bonchev–Trinajstić information content (AvgIpc) is 2.66. The van der Waals surface area contributed by atoms with Crippen molar-refractivity contribution in [2.75, 3.05) is 0 Å². The molecule has 0 nitrogen and oxygen atoms in total. The predicted octanol–water partition coefficient (Wildman–Crippen LogP) is 7.12. The molecule has 2 rings (SSSR count). The van der Waals surface area contributed by atoms with Crippen molar-refractivity contribution in [3.63, 3.8) is 0 Å². The molecule has 142 valence electrons. The first-order valence-corrected chi connectivity index (χ1v) is 10.8. The van der Waals surface area contributed by atoms with E-state index in [9.17, 15) is 0 Å². The van der Waals surface area contributed by atoms with Gasteiger partial charge in [-0.1, -0.05) is 52.0 Å². The Balaban J connectivity index is 2.03. The largest absolute Gasteiger partial charge is 0.0613 e. The molecular formula is C26H38. The maximum atomic E-state index is 2.48. The molecule has 0 amide bonds. The fourth-order valence-corrected chi connectivity index (χ4v) is 4.24. The maximum absolute atomic E-state index is 2.48. The van der Waals surface area contributed by atoms with Gasteiger partial charge < -0.3 is 0 Å². The zero-order chi connectivity index (χ0) is 19.1. The summed E-state index contributed by atoms with van der Waals surface area (Å²) in [5.41, 5.74) is 12.3. The standard InChI is InChI=1S/C26H38/c1-7-21-17-25(23(9-3)15-19(21)5)13-11-12-14-26-18-22(8-2)20(6)16-24(26)10-4/h15-18H,7-14H2,1-6H3. The summed E-state index contributed by atoms with van der Waals surface area (Å²) in [5.74, 6) is 0. The highest BCUT2D eigenvalue weighted by atomic mass is 14.1. The molecular weight excluding hydrogens is 312 g/mol. The van der Waals surface area contributed by atoms with Crippen LogP contribution in [0.3, 0.4) is 0 Å². The lowest BCUT2D eigenvalue weighted by Gasteiger charge is -2.15. The monoisotopic (exact) mass is 350 g/mol.